The molecule has 1 aromatic heterocycles. The normalized spacial score (nSPS) is 15.9. The van der Waals surface area contributed by atoms with Crippen LogP contribution in [-0.2, 0) is 4.79 Å². The van der Waals surface area contributed by atoms with Gasteiger partial charge in [-0.15, -0.1) is 0 Å². The van der Waals surface area contributed by atoms with Gasteiger partial charge in [-0.05, 0) is 36.6 Å². The van der Waals surface area contributed by atoms with E-state index < -0.39 is 0 Å². The van der Waals surface area contributed by atoms with Crippen molar-refractivity contribution in [1.29, 1.82) is 0 Å². The molecule has 0 spiro atoms. The molecule has 2 aromatic carbocycles. The van der Waals surface area contributed by atoms with Crippen LogP contribution in [0.5, 0.6) is 0 Å². The number of amides is 1. The van der Waals surface area contributed by atoms with Gasteiger partial charge in [0.1, 0.15) is 5.82 Å². The number of H-pyrrole nitrogens is 1. The number of hydrogen-bond donors (Lipinski definition) is 1. The van der Waals surface area contributed by atoms with E-state index in [1.807, 2.05) is 59.5 Å². The number of aromatic amines is 1. The summed E-state index contributed by atoms with van der Waals surface area (Å²) in [4.78, 5) is 22.4. The maximum absolute atomic E-state index is 12.4. The second kappa shape index (κ2) is 6.93. The lowest BCUT2D eigenvalue weighted by Crippen LogP contribution is -2.37. The minimum Gasteiger partial charge on any atom is -0.342 e. The molecule has 1 N–H and O–H groups in total. The summed E-state index contributed by atoms with van der Waals surface area (Å²) in [7, 11) is 0. The number of carbonyl (C=O) groups is 1. The Bertz CT molecular complexity index is 857. The average molecular weight is 331 g/mol. The second-order valence-electron chi connectivity index (χ2n) is 6.48. The molecule has 0 radical (unpaired) electrons. The molecule has 4 nitrogen and oxygen atoms in total. The molecular weight excluding hydrogens is 310 g/mol. The minimum absolute atomic E-state index is 0.0897. The molecular formula is C21H21N3O. The fraction of sp³-hybridized carbons (Fsp3) is 0.238. The zero-order valence-electron chi connectivity index (χ0n) is 14.1. The molecule has 2 heterocycles. The first-order valence-electron chi connectivity index (χ1n) is 8.76. The van der Waals surface area contributed by atoms with Gasteiger partial charge in [-0.2, -0.15) is 0 Å². The first-order chi connectivity index (χ1) is 12.3. The van der Waals surface area contributed by atoms with E-state index in [2.05, 4.69) is 11.1 Å². The Morgan fingerprint density at radius 3 is 2.52 bits per heavy atom. The summed E-state index contributed by atoms with van der Waals surface area (Å²) < 4.78 is 0. The highest BCUT2D eigenvalue weighted by molar-refractivity contribution is 5.91. The summed E-state index contributed by atoms with van der Waals surface area (Å²) in [6.07, 6.45) is 5.46. The number of carbonyl (C=O) groups excluding carboxylic acids is 1. The Labute approximate surface area is 147 Å². The van der Waals surface area contributed by atoms with Gasteiger partial charge in [-0.25, -0.2) is 4.98 Å². The van der Waals surface area contributed by atoms with Crippen LogP contribution in [0, 0.1) is 0 Å². The molecule has 0 bridgehead atoms. The molecule has 0 aliphatic carbocycles. The van der Waals surface area contributed by atoms with Crippen molar-refractivity contribution < 1.29 is 4.79 Å². The Hall–Kier alpha value is -2.88. The number of fused-ring (bicyclic) bond motifs is 1. The van der Waals surface area contributed by atoms with E-state index in [1.54, 1.807) is 6.08 Å². The van der Waals surface area contributed by atoms with E-state index in [1.165, 1.54) is 0 Å². The molecule has 1 aliphatic heterocycles. The van der Waals surface area contributed by atoms with Gasteiger partial charge in [0.15, 0.2) is 0 Å². The van der Waals surface area contributed by atoms with E-state index in [4.69, 9.17) is 4.98 Å². The van der Waals surface area contributed by atoms with Crippen LogP contribution >= 0.6 is 0 Å². The Kier molecular flexibility index (Phi) is 4.34. The number of benzene rings is 2. The van der Waals surface area contributed by atoms with E-state index in [0.29, 0.717) is 5.92 Å². The number of aromatic nitrogens is 2. The Morgan fingerprint density at radius 1 is 1.04 bits per heavy atom. The average Bonchev–Trinajstić information content (AvgIpc) is 3.11. The second-order valence-corrected chi connectivity index (χ2v) is 6.48. The zero-order valence-corrected chi connectivity index (χ0v) is 14.1. The topological polar surface area (TPSA) is 49.0 Å². The molecule has 4 rings (SSSR count). The first kappa shape index (κ1) is 15.6. The summed E-state index contributed by atoms with van der Waals surface area (Å²) >= 11 is 0. The number of nitrogens with zero attached hydrogens (tertiary/aromatic N) is 2. The van der Waals surface area contributed by atoms with Crippen LogP contribution in [0.3, 0.4) is 0 Å². The van der Waals surface area contributed by atoms with Crippen molar-refractivity contribution in [3.8, 4) is 0 Å². The number of para-hydroxylation sites is 2. The third-order valence-corrected chi connectivity index (χ3v) is 4.82. The lowest BCUT2D eigenvalue weighted by molar-refractivity contribution is -0.127. The fourth-order valence-corrected chi connectivity index (χ4v) is 3.38. The molecule has 3 aromatic rings. The van der Waals surface area contributed by atoms with Crippen LogP contribution in [0.1, 0.15) is 30.1 Å². The van der Waals surface area contributed by atoms with Crippen molar-refractivity contribution in [3.63, 3.8) is 0 Å². The molecule has 1 aliphatic rings. The quantitative estimate of drug-likeness (QED) is 0.738. The SMILES string of the molecule is O=C(C=Cc1ccccc1)N1CCC(c2nc3ccccc3[nH]2)CC1. The molecule has 0 saturated carbocycles. The van der Waals surface area contributed by atoms with Gasteiger partial charge < -0.3 is 9.88 Å². The summed E-state index contributed by atoms with van der Waals surface area (Å²) in [6.45, 7) is 1.55. The van der Waals surface area contributed by atoms with Crippen LogP contribution < -0.4 is 0 Å². The van der Waals surface area contributed by atoms with Gasteiger partial charge in [-0.1, -0.05) is 42.5 Å². The third kappa shape index (κ3) is 3.48. The molecule has 1 amide bonds. The lowest BCUT2D eigenvalue weighted by Gasteiger charge is -2.30. The van der Waals surface area contributed by atoms with Gasteiger partial charge in [0.2, 0.25) is 5.91 Å². The van der Waals surface area contributed by atoms with E-state index in [-0.39, 0.29) is 5.91 Å². The third-order valence-electron chi connectivity index (χ3n) is 4.82. The van der Waals surface area contributed by atoms with E-state index in [0.717, 1.165) is 48.4 Å². The van der Waals surface area contributed by atoms with Gasteiger partial charge in [0.25, 0.3) is 0 Å². The minimum atomic E-state index is 0.0897. The van der Waals surface area contributed by atoms with Crippen molar-refractivity contribution in [1.82, 2.24) is 14.9 Å². The van der Waals surface area contributed by atoms with Gasteiger partial charge in [0, 0.05) is 25.1 Å². The number of rotatable bonds is 3. The summed E-state index contributed by atoms with van der Waals surface area (Å²) in [6, 6.07) is 18.0. The smallest absolute Gasteiger partial charge is 0.246 e. The maximum Gasteiger partial charge on any atom is 0.246 e. The first-order valence-corrected chi connectivity index (χ1v) is 8.76. The Morgan fingerprint density at radius 2 is 1.76 bits per heavy atom. The lowest BCUT2D eigenvalue weighted by atomic mass is 9.96. The van der Waals surface area contributed by atoms with Gasteiger partial charge >= 0.3 is 0 Å². The molecule has 1 fully saturated rings. The fourth-order valence-electron chi connectivity index (χ4n) is 3.38. The summed E-state index contributed by atoms with van der Waals surface area (Å²) in [5, 5.41) is 0. The molecule has 0 unspecified atom stereocenters. The number of piperidine rings is 1. The van der Waals surface area contributed by atoms with Crippen molar-refractivity contribution in [2.24, 2.45) is 0 Å². The molecule has 0 atom stereocenters. The maximum atomic E-state index is 12.4. The van der Waals surface area contributed by atoms with Crippen molar-refractivity contribution in [2.45, 2.75) is 18.8 Å². The van der Waals surface area contributed by atoms with Crippen LogP contribution in [-0.4, -0.2) is 33.9 Å². The Balaban J connectivity index is 1.37. The van der Waals surface area contributed by atoms with E-state index >= 15 is 0 Å². The number of nitrogens with one attached hydrogen (secondary N) is 1. The highest BCUT2D eigenvalue weighted by Crippen LogP contribution is 2.27. The van der Waals surface area contributed by atoms with Crippen LogP contribution in [0.25, 0.3) is 17.1 Å². The van der Waals surface area contributed by atoms with Crippen molar-refractivity contribution >= 4 is 23.0 Å². The van der Waals surface area contributed by atoms with Gasteiger partial charge in [0.05, 0.1) is 11.0 Å². The molecule has 126 valence electrons. The van der Waals surface area contributed by atoms with Crippen molar-refractivity contribution in [2.75, 3.05) is 13.1 Å². The summed E-state index contributed by atoms with van der Waals surface area (Å²) in [5.74, 6) is 1.54. The number of likely N-dealkylation sites (tertiary alicyclic amines) is 1. The predicted molar refractivity (Wildman–Crippen MR) is 100 cm³/mol. The molecule has 25 heavy (non-hydrogen) atoms. The zero-order chi connectivity index (χ0) is 17.1. The van der Waals surface area contributed by atoms with E-state index in [9.17, 15) is 4.79 Å². The molecule has 1 saturated heterocycles. The largest absolute Gasteiger partial charge is 0.342 e. The van der Waals surface area contributed by atoms with Crippen LogP contribution in [0.2, 0.25) is 0 Å². The monoisotopic (exact) mass is 331 g/mol. The highest BCUT2D eigenvalue weighted by atomic mass is 16.2. The van der Waals surface area contributed by atoms with Crippen LogP contribution in [0.4, 0.5) is 0 Å². The van der Waals surface area contributed by atoms with Crippen LogP contribution in [0.15, 0.2) is 60.7 Å². The van der Waals surface area contributed by atoms with Crippen molar-refractivity contribution in [3.05, 3.63) is 72.1 Å². The highest BCUT2D eigenvalue weighted by Gasteiger charge is 2.24. The van der Waals surface area contributed by atoms with Gasteiger partial charge in [-0.3, -0.25) is 4.79 Å². The number of imidazole rings is 1. The summed E-state index contributed by atoms with van der Waals surface area (Å²) in [5.41, 5.74) is 3.15. The number of hydrogen-bond acceptors (Lipinski definition) is 2. The molecule has 4 heteroatoms. The standard InChI is InChI=1S/C21H21N3O/c25-20(11-10-16-6-2-1-3-7-16)24-14-12-17(13-15-24)21-22-18-8-4-5-9-19(18)23-21/h1-11,17H,12-15H2,(H,22,23). The predicted octanol–water partition coefficient (Wildman–Crippen LogP) is 3.98.